The molecule has 4 aromatic rings. The van der Waals surface area contributed by atoms with Crippen LogP contribution in [-0.4, -0.2) is 9.97 Å². The molecular weight excluding hydrogens is 340 g/mol. The summed E-state index contributed by atoms with van der Waals surface area (Å²) in [6.07, 6.45) is 3.85. The molecule has 4 heterocycles. The predicted octanol–water partition coefficient (Wildman–Crippen LogP) is 4.81. The minimum atomic E-state index is -0.233. The SMILES string of the molecule is NC1c2ccsc2C=CN1c1ccc2ccc(-c3ccccc3)nc2n1. The fourth-order valence-electron chi connectivity index (χ4n) is 3.22. The van der Waals surface area contributed by atoms with Gasteiger partial charge < -0.3 is 10.6 Å². The summed E-state index contributed by atoms with van der Waals surface area (Å²) < 4.78 is 0. The second-order valence-corrected chi connectivity index (χ2v) is 7.13. The topological polar surface area (TPSA) is 55.0 Å². The monoisotopic (exact) mass is 356 g/mol. The first-order chi connectivity index (χ1) is 12.8. The third-order valence-electron chi connectivity index (χ3n) is 4.60. The van der Waals surface area contributed by atoms with Crippen molar-refractivity contribution in [3.05, 3.63) is 82.7 Å². The van der Waals surface area contributed by atoms with Gasteiger partial charge in [0.25, 0.3) is 0 Å². The van der Waals surface area contributed by atoms with Crippen molar-refractivity contribution in [1.82, 2.24) is 9.97 Å². The second kappa shape index (κ2) is 6.05. The first-order valence-electron chi connectivity index (χ1n) is 8.42. The van der Waals surface area contributed by atoms with Crippen LogP contribution in [0.1, 0.15) is 16.6 Å². The van der Waals surface area contributed by atoms with Gasteiger partial charge in [-0.05, 0) is 41.8 Å². The van der Waals surface area contributed by atoms with E-state index in [1.165, 1.54) is 4.88 Å². The summed E-state index contributed by atoms with van der Waals surface area (Å²) >= 11 is 1.70. The average molecular weight is 356 g/mol. The van der Waals surface area contributed by atoms with Gasteiger partial charge in [0.2, 0.25) is 0 Å². The van der Waals surface area contributed by atoms with E-state index in [1.807, 2.05) is 47.5 Å². The van der Waals surface area contributed by atoms with Gasteiger partial charge in [-0.2, -0.15) is 0 Å². The van der Waals surface area contributed by atoms with Crippen LogP contribution in [0.2, 0.25) is 0 Å². The Morgan fingerprint density at radius 1 is 0.923 bits per heavy atom. The third-order valence-corrected chi connectivity index (χ3v) is 5.50. The summed E-state index contributed by atoms with van der Waals surface area (Å²) in [6.45, 7) is 0. The lowest BCUT2D eigenvalue weighted by molar-refractivity contribution is 0.718. The molecule has 1 aromatic carbocycles. The van der Waals surface area contributed by atoms with Gasteiger partial charge in [-0.3, -0.25) is 0 Å². The fourth-order valence-corrected chi connectivity index (χ4v) is 4.05. The molecule has 0 saturated carbocycles. The maximum Gasteiger partial charge on any atom is 0.162 e. The van der Waals surface area contributed by atoms with E-state index in [1.54, 1.807) is 11.3 Å². The van der Waals surface area contributed by atoms with E-state index in [4.69, 9.17) is 15.7 Å². The Kier molecular flexibility index (Phi) is 3.55. The van der Waals surface area contributed by atoms with Gasteiger partial charge in [0, 0.05) is 27.6 Å². The van der Waals surface area contributed by atoms with Gasteiger partial charge in [-0.25, -0.2) is 9.97 Å². The van der Waals surface area contributed by atoms with Crippen molar-refractivity contribution in [2.75, 3.05) is 4.90 Å². The molecule has 3 aromatic heterocycles. The molecule has 0 fully saturated rings. The first-order valence-corrected chi connectivity index (χ1v) is 9.30. The van der Waals surface area contributed by atoms with Crippen LogP contribution in [0.15, 0.2) is 72.2 Å². The van der Waals surface area contributed by atoms with Crippen LogP contribution in [0.5, 0.6) is 0 Å². The minimum absolute atomic E-state index is 0.233. The lowest BCUT2D eigenvalue weighted by Gasteiger charge is -2.29. The first kappa shape index (κ1) is 15.3. The van der Waals surface area contributed by atoms with E-state index in [0.29, 0.717) is 0 Å². The van der Waals surface area contributed by atoms with Gasteiger partial charge in [0.05, 0.1) is 5.69 Å². The highest BCUT2D eigenvalue weighted by molar-refractivity contribution is 7.11. The van der Waals surface area contributed by atoms with Crippen LogP contribution in [0.3, 0.4) is 0 Å². The molecule has 0 amide bonds. The van der Waals surface area contributed by atoms with E-state index in [-0.39, 0.29) is 6.17 Å². The molecule has 4 nitrogen and oxygen atoms in total. The fraction of sp³-hybridized carbons (Fsp3) is 0.0476. The van der Waals surface area contributed by atoms with Crippen LogP contribution in [-0.2, 0) is 0 Å². The summed E-state index contributed by atoms with van der Waals surface area (Å²) in [4.78, 5) is 12.7. The quantitative estimate of drug-likeness (QED) is 0.560. The molecule has 5 heteroatoms. The van der Waals surface area contributed by atoms with E-state index in [2.05, 4.69) is 35.7 Å². The van der Waals surface area contributed by atoms with Crippen LogP contribution in [0.4, 0.5) is 5.82 Å². The normalized spacial score (nSPS) is 16.0. The van der Waals surface area contributed by atoms with Crippen LogP contribution in [0.25, 0.3) is 28.4 Å². The van der Waals surface area contributed by atoms with Crippen molar-refractivity contribution in [3.8, 4) is 11.3 Å². The van der Waals surface area contributed by atoms with E-state index in [9.17, 15) is 0 Å². The molecule has 0 radical (unpaired) electrons. The number of hydrogen-bond acceptors (Lipinski definition) is 5. The number of nitrogens with zero attached hydrogens (tertiary/aromatic N) is 3. The molecule has 1 aliphatic rings. The highest BCUT2D eigenvalue weighted by Gasteiger charge is 2.23. The average Bonchev–Trinajstić information content (AvgIpc) is 3.18. The highest BCUT2D eigenvalue weighted by atomic mass is 32.1. The maximum atomic E-state index is 6.45. The molecule has 1 unspecified atom stereocenters. The molecule has 0 saturated heterocycles. The Morgan fingerprint density at radius 2 is 1.77 bits per heavy atom. The Bertz CT molecular complexity index is 1120. The lowest BCUT2D eigenvalue weighted by Crippen LogP contribution is -2.32. The standard InChI is InChI=1S/C21H16N4S/c22-20-16-11-13-26-18(16)10-12-25(20)19-9-7-15-6-8-17(23-21(15)24-19)14-4-2-1-3-5-14/h1-13,20H,22H2. The number of benzene rings is 1. The van der Waals surface area contributed by atoms with Crippen LogP contribution in [0, 0.1) is 0 Å². The zero-order valence-electron chi connectivity index (χ0n) is 13.9. The smallest absolute Gasteiger partial charge is 0.162 e. The second-order valence-electron chi connectivity index (χ2n) is 6.19. The Hall–Kier alpha value is -3.02. The minimum Gasteiger partial charge on any atom is -0.313 e. The van der Waals surface area contributed by atoms with Crippen molar-refractivity contribution in [2.24, 2.45) is 5.73 Å². The lowest BCUT2D eigenvalue weighted by atomic mass is 10.1. The molecular formula is C21H16N4S. The van der Waals surface area contributed by atoms with Crippen molar-refractivity contribution in [2.45, 2.75) is 6.17 Å². The number of fused-ring (bicyclic) bond motifs is 2. The predicted molar refractivity (Wildman–Crippen MR) is 108 cm³/mol. The summed E-state index contributed by atoms with van der Waals surface area (Å²) in [6, 6.07) is 20.4. The van der Waals surface area contributed by atoms with E-state index in [0.717, 1.165) is 33.7 Å². The van der Waals surface area contributed by atoms with Gasteiger partial charge in [-0.15, -0.1) is 11.3 Å². The number of aromatic nitrogens is 2. The maximum absolute atomic E-state index is 6.45. The molecule has 0 spiro atoms. The zero-order chi connectivity index (χ0) is 17.5. The molecule has 1 atom stereocenters. The van der Waals surface area contributed by atoms with Crippen molar-refractivity contribution < 1.29 is 0 Å². The van der Waals surface area contributed by atoms with Crippen LogP contribution < -0.4 is 10.6 Å². The molecule has 0 aliphatic carbocycles. The molecule has 126 valence electrons. The highest BCUT2D eigenvalue weighted by Crippen LogP contribution is 2.33. The number of anilines is 1. The Morgan fingerprint density at radius 3 is 2.65 bits per heavy atom. The molecule has 5 rings (SSSR count). The van der Waals surface area contributed by atoms with Gasteiger partial charge in [0.15, 0.2) is 5.65 Å². The molecule has 26 heavy (non-hydrogen) atoms. The zero-order valence-corrected chi connectivity index (χ0v) is 14.7. The number of hydrogen-bond donors (Lipinski definition) is 1. The number of pyridine rings is 2. The van der Waals surface area contributed by atoms with Crippen molar-refractivity contribution >= 4 is 34.3 Å². The number of nitrogens with two attached hydrogens (primary N) is 1. The Balaban J connectivity index is 1.57. The largest absolute Gasteiger partial charge is 0.313 e. The van der Waals surface area contributed by atoms with E-state index < -0.39 is 0 Å². The summed E-state index contributed by atoms with van der Waals surface area (Å²) in [5.41, 5.74) is 10.3. The number of rotatable bonds is 2. The van der Waals surface area contributed by atoms with Gasteiger partial charge in [0.1, 0.15) is 12.0 Å². The van der Waals surface area contributed by atoms with Crippen molar-refractivity contribution in [1.29, 1.82) is 0 Å². The summed E-state index contributed by atoms with van der Waals surface area (Å²) in [7, 11) is 0. The van der Waals surface area contributed by atoms with E-state index >= 15 is 0 Å². The molecule has 1 aliphatic heterocycles. The van der Waals surface area contributed by atoms with Crippen molar-refractivity contribution in [3.63, 3.8) is 0 Å². The van der Waals surface area contributed by atoms with Gasteiger partial charge in [-0.1, -0.05) is 30.3 Å². The third kappa shape index (κ3) is 2.49. The summed E-state index contributed by atoms with van der Waals surface area (Å²) in [5.74, 6) is 0.802. The molecule has 0 bridgehead atoms. The van der Waals surface area contributed by atoms with Gasteiger partial charge >= 0.3 is 0 Å². The number of thiophene rings is 1. The van der Waals surface area contributed by atoms with Crippen LogP contribution >= 0.6 is 11.3 Å². The molecule has 2 N–H and O–H groups in total. The summed E-state index contributed by atoms with van der Waals surface area (Å²) in [5, 5.41) is 3.08. The Labute approximate surface area is 155 Å².